The van der Waals surface area contributed by atoms with Crippen molar-refractivity contribution in [2.75, 3.05) is 18.4 Å². The van der Waals surface area contributed by atoms with Crippen LogP contribution in [0.4, 0.5) is 5.69 Å². The SMILES string of the molecule is Cn1nccc1C(=O)N[C@H](C(=O)Nc1ccc(-c2cc[n+](O)cc2CC(=O)N2CCCC2)cc1)C(c1ccccc1)c1ccccc1. The number of aryl methyl sites for hydroxylation is 1. The lowest BCUT2D eigenvalue weighted by atomic mass is 9.84. The number of anilines is 1. The van der Waals surface area contributed by atoms with Crippen LogP contribution < -0.4 is 15.4 Å². The highest BCUT2D eigenvalue weighted by Gasteiger charge is 2.33. The molecule has 0 aliphatic carbocycles. The van der Waals surface area contributed by atoms with E-state index in [0.717, 1.165) is 52.9 Å². The first-order chi connectivity index (χ1) is 22.9. The second kappa shape index (κ2) is 14.1. The number of amides is 3. The highest BCUT2D eigenvalue weighted by atomic mass is 16.5. The van der Waals surface area contributed by atoms with Gasteiger partial charge in [0.15, 0.2) is 0 Å². The van der Waals surface area contributed by atoms with Crippen molar-refractivity contribution in [2.45, 2.75) is 31.2 Å². The average molecular weight is 630 g/mol. The first-order valence-corrected chi connectivity index (χ1v) is 15.7. The van der Waals surface area contributed by atoms with Gasteiger partial charge in [0, 0.05) is 54.3 Å². The Balaban J connectivity index is 1.28. The Morgan fingerprint density at radius 2 is 1.51 bits per heavy atom. The molecule has 1 aliphatic heterocycles. The van der Waals surface area contributed by atoms with Crippen molar-refractivity contribution in [2.24, 2.45) is 7.05 Å². The quantitative estimate of drug-likeness (QED) is 0.157. The molecule has 10 nitrogen and oxygen atoms in total. The normalized spacial score (nSPS) is 13.4. The number of hydrogen-bond acceptors (Lipinski definition) is 5. The highest BCUT2D eigenvalue weighted by Crippen LogP contribution is 2.30. The van der Waals surface area contributed by atoms with Crippen LogP contribution in [0.15, 0.2) is 116 Å². The lowest BCUT2D eigenvalue weighted by Gasteiger charge is -2.28. The van der Waals surface area contributed by atoms with Crippen LogP contribution in [0.3, 0.4) is 0 Å². The Bertz CT molecular complexity index is 1810. The van der Waals surface area contributed by atoms with E-state index in [1.807, 2.05) is 77.7 Å². The topological polar surface area (TPSA) is 120 Å². The van der Waals surface area contributed by atoms with Crippen molar-refractivity contribution >= 4 is 23.4 Å². The molecule has 1 aliphatic rings. The lowest BCUT2D eigenvalue weighted by Crippen LogP contribution is -2.48. The Labute approximate surface area is 273 Å². The van der Waals surface area contributed by atoms with Crippen molar-refractivity contribution in [1.82, 2.24) is 20.0 Å². The van der Waals surface area contributed by atoms with Gasteiger partial charge in [0.05, 0.1) is 6.42 Å². The lowest BCUT2D eigenvalue weighted by molar-refractivity contribution is -0.905. The zero-order valence-electron chi connectivity index (χ0n) is 26.1. The molecule has 6 rings (SSSR count). The van der Waals surface area contributed by atoms with E-state index >= 15 is 0 Å². The van der Waals surface area contributed by atoms with Crippen molar-refractivity contribution in [3.63, 3.8) is 0 Å². The fourth-order valence-corrected chi connectivity index (χ4v) is 6.16. The summed E-state index contributed by atoms with van der Waals surface area (Å²) in [6.45, 7) is 1.51. The second-order valence-electron chi connectivity index (χ2n) is 11.7. The molecule has 0 unspecified atom stereocenters. The molecule has 3 N–H and O–H groups in total. The number of likely N-dealkylation sites (tertiary alicyclic amines) is 1. The van der Waals surface area contributed by atoms with Crippen LogP contribution in [0.1, 0.15) is 45.9 Å². The number of pyridine rings is 1. The monoisotopic (exact) mass is 629 g/mol. The molecule has 1 fully saturated rings. The van der Waals surface area contributed by atoms with E-state index in [2.05, 4.69) is 15.7 Å². The van der Waals surface area contributed by atoms with Gasteiger partial charge in [0.25, 0.3) is 5.91 Å². The number of hydrogen-bond donors (Lipinski definition) is 3. The number of nitrogens with zero attached hydrogens (tertiary/aromatic N) is 4. The van der Waals surface area contributed by atoms with Crippen molar-refractivity contribution in [1.29, 1.82) is 0 Å². The summed E-state index contributed by atoms with van der Waals surface area (Å²) in [5.74, 6) is -1.26. The Morgan fingerprint density at radius 3 is 2.11 bits per heavy atom. The van der Waals surface area contributed by atoms with E-state index in [-0.39, 0.29) is 18.2 Å². The number of benzene rings is 3. The van der Waals surface area contributed by atoms with E-state index in [1.54, 1.807) is 37.5 Å². The van der Waals surface area contributed by atoms with Gasteiger partial charge in [0.2, 0.25) is 24.2 Å². The van der Waals surface area contributed by atoms with Crippen LogP contribution in [0.5, 0.6) is 0 Å². The van der Waals surface area contributed by atoms with Crippen molar-refractivity contribution < 1.29 is 24.3 Å². The van der Waals surface area contributed by atoms with Gasteiger partial charge in [0.1, 0.15) is 11.7 Å². The minimum atomic E-state index is -0.973. The first kappa shape index (κ1) is 31.2. The zero-order chi connectivity index (χ0) is 32.8. The maximum Gasteiger partial charge on any atom is 0.270 e. The predicted molar refractivity (Wildman–Crippen MR) is 177 cm³/mol. The molecule has 1 atom stereocenters. The third-order valence-electron chi connectivity index (χ3n) is 8.57. The largest absolute Gasteiger partial charge is 0.342 e. The maximum absolute atomic E-state index is 14.2. The van der Waals surface area contributed by atoms with Crippen molar-refractivity contribution in [3.8, 4) is 11.1 Å². The Morgan fingerprint density at radius 1 is 0.872 bits per heavy atom. The summed E-state index contributed by atoms with van der Waals surface area (Å²) in [5.41, 5.74) is 4.98. The summed E-state index contributed by atoms with van der Waals surface area (Å²) < 4.78 is 2.43. The molecule has 0 bridgehead atoms. The van der Waals surface area contributed by atoms with Gasteiger partial charge in [-0.15, -0.1) is 0 Å². The maximum atomic E-state index is 14.2. The van der Waals surface area contributed by atoms with Crippen LogP contribution in [0, 0.1) is 0 Å². The fourth-order valence-electron chi connectivity index (χ4n) is 6.16. The molecule has 0 spiro atoms. The molecule has 5 aromatic rings. The Kier molecular flexibility index (Phi) is 9.38. The molecular weight excluding hydrogens is 592 g/mol. The number of carbonyl (C=O) groups is 3. The molecule has 0 radical (unpaired) electrons. The minimum Gasteiger partial charge on any atom is -0.342 e. The summed E-state index contributed by atoms with van der Waals surface area (Å²) >= 11 is 0. The van der Waals surface area contributed by atoms with Gasteiger partial charge >= 0.3 is 0 Å². The standard InChI is InChI=1S/C37H36N6O4/c1-41-32(18-20-38-41)36(45)40-35(34(27-10-4-2-5-11-27)28-12-6-3-7-13-28)37(46)39-30-16-14-26(15-17-30)31-19-23-43(47)25-29(31)24-33(44)42-21-8-9-22-42/h2-7,10-20,23,25,34-35,47H,8-9,21-22,24H2,1H3,(H,40,45)/p+1/t35-/m0/s1. The van der Waals surface area contributed by atoms with Gasteiger partial charge in [-0.3, -0.25) is 24.3 Å². The number of rotatable bonds is 10. The average Bonchev–Trinajstić information content (AvgIpc) is 3.79. The van der Waals surface area contributed by atoms with Gasteiger partial charge < -0.3 is 15.5 Å². The van der Waals surface area contributed by atoms with Crippen LogP contribution in [0.25, 0.3) is 11.1 Å². The summed E-state index contributed by atoms with van der Waals surface area (Å²) in [4.78, 5) is 42.4. The molecule has 47 heavy (non-hydrogen) atoms. The zero-order valence-corrected chi connectivity index (χ0v) is 26.1. The molecule has 1 saturated heterocycles. The minimum absolute atomic E-state index is 0.0319. The third-order valence-corrected chi connectivity index (χ3v) is 8.57. The molecule has 3 heterocycles. The molecule has 3 aromatic carbocycles. The number of aromatic nitrogens is 3. The number of carbonyl (C=O) groups excluding carboxylic acids is 3. The summed E-state index contributed by atoms with van der Waals surface area (Å²) in [6, 6.07) is 29.0. The molecular formula is C37H37N6O4+. The van der Waals surface area contributed by atoms with Gasteiger partial charge in [-0.2, -0.15) is 5.10 Å². The first-order valence-electron chi connectivity index (χ1n) is 15.7. The van der Waals surface area contributed by atoms with Gasteiger partial charge in [-0.25, -0.2) is 0 Å². The fraction of sp³-hybridized carbons (Fsp3) is 0.216. The highest BCUT2D eigenvalue weighted by molar-refractivity contribution is 6.01. The molecule has 0 saturated carbocycles. The van der Waals surface area contributed by atoms with E-state index in [9.17, 15) is 19.6 Å². The summed E-state index contributed by atoms with van der Waals surface area (Å²) in [7, 11) is 1.68. The van der Waals surface area contributed by atoms with Gasteiger partial charge in [-0.05, 0) is 53.3 Å². The van der Waals surface area contributed by atoms with Crippen molar-refractivity contribution in [3.05, 3.63) is 138 Å². The molecule has 238 valence electrons. The predicted octanol–water partition coefficient (Wildman–Crippen LogP) is 4.35. The van der Waals surface area contributed by atoms with Crippen LogP contribution >= 0.6 is 0 Å². The second-order valence-corrected chi connectivity index (χ2v) is 11.7. The van der Waals surface area contributed by atoms with E-state index < -0.39 is 17.9 Å². The molecule has 3 amide bonds. The molecule has 10 heteroatoms. The van der Waals surface area contributed by atoms with Crippen LogP contribution in [-0.2, 0) is 23.1 Å². The summed E-state index contributed by atoms with van der Waals surface area (Å²) in [5, 5.41) is 20.2. The van der Waals surface area contributed by atoms with E-state index in [1.165, 1.54) is 17.1 Å². The third kappa shape index (κ3) is 7.22. The van der Waals surface area contributed by atoms with Crippen LogP contribution in [0.2, 0.25) is 0 Å². The smallest absolute Gasteiger partial charge is 0.270 e. The molecule has 2 aromatic heterocycles. The van der Waals surface area contributed by atoms with Crippen LogP contribution in [-0.4, -0.2) is 56.7 Å². The number of nitrogens with one attached hydrogen (secondary N) is 2. The van der Waals surface area contributed by atoms with E-state index in [4.69, 9.17) is 0 Å². The Hall–Kier alpha value is -5.77. The summed E-state index contributed by atoms with van der Waals surface area (Å²) in [6.07, 6.45) is 6.81. The van der Waals surface area contributed by atoms with E-state index in [0.29, 0.717) is 16.9 Å². The van der Waals surface area contributed by atoms with Gasteiger partial charge in [-0.1, -0.05) is 72.8 Å².